The molecule has 0 saturated heterocycles. The first-order valence-electron chi connectivity index (χ1n) is 3.12. The third-order valence-electron chi connectivity index (χ3n) is 0.953. The maximum Gasteiger partial charge on any atom is 0.107 e. The Morgan fingerprint density at radius 2 is 2.20 bits per heavy atom. The van der Waals surface area contributed by atoms with Crippen LogP contribution in [0, 0.1) is 0 Å². The third kappa shape index (κ3) is 2.87. The third-order valence-corrected chi connectivity index (χ3v) is 0.953. The minimum atomic E-state index is 0.585. The molecule has 0 radical (unpaired) electrons. The van der Waals surface area contributed by atoms with Crippen molar-refractivity contribution in [3.8, 4) is 0 Å². The lowest BCUT2D eigenvalue weighted by molar-refractivity contribution is 0.289. The Hall–Kier alpha value is -1.31. The van der Waals surface area contributed by atoms with Gasteiger partial charge in [-0.2, -0.15) is 0 Å². The number of hydrogen-bond acceptors (Lipinski definition) is 2. The van der Waals surface area contributed by atoms with Crippen LogP contribution in [0.3, 0.4) is 0 Å². The Balaban J connectivity index is 2.53. The lowest BCUT2D eigenvalue weighted by Crippen LogP contribution is -1.80. The van der Waals surface area contributed by atoms with Crippen LogP contribution in [0.15, 0.2) is 41.8 Å². The second-order valence-electron chi connectivity index (χ2n) is 1.73. The molecule has 1 aliphatic rings. The summed E-state index contributed by atoms with van der Waals surface area (Å²) in [6.07, 6.45) is 12.5. The molecule has 2 heteroatoms. The minimum Gasteiger partial charge on any atom is -0.497 e. The van der Waals surface area contributed by atoms with Gasteiger partial charge in [0.15, 0.2) is 0 Å². The molecule has 0 amide bonds. The van der Waals surface area contributed by atoms with Gasteiger partial charge in [0.25, 0.3) is 0 Å². The van der Waals surface area contributed by atoms with Crippen LogP contribution in [-0.4, -0.2) is 12.8 Å². The SMILES string of the molecule is C1=C\C=N/C=C\CO\C=C/1. The molecule has 0 aromatic carbocycles. The van der Waals surface area contributed by atoms with Crippen molar-refractivity contribution in [3.63, 3.8) is 0 Å². The summed E-state index contributed by atoms with van der Waals surface area (Å²) in [6.45, 7) is 0.585. The number of hydrogen-bond donors (Lipinski definition) is 0. The second kappa shape index (κ2) is 4.56. The molecular formula is C8H9NO. The number of nitrogens with zero attached hydrogens (tertiary/aromatic N) is 1. The summed E-state index contributed by atoms with van der Waals surface area (Å²) in [5, 5.41) is 0. The maximum absolute atomic E-state index is 5.02. The van der Waals surface area contributed by atoms with Gasteiger partial charge in [-0.3, -0.25) is 4.99 Å². The van der Waals surface area contributed by atoms with E-state index < -0.39 is 0 Å². The average molecular weight is 135 g/mol. The fraction of sp³-hybridized carbons (Fsp3) is 0.125. The number of allylic oxidation sites excluding steroid dienone is 3. The maximum atomic E-state index is 5.02. The fourth-order valence-electron chi connectivity index (χ4n) is 0.529. The zero-order valence-electron chi connectivity index (χ0n) is 5.60. The summed E-state index contributed by atoms with van der Waals surface area (Å²) in [5.41, 5.74) is 0. The Labute approximate surface area is 60.2 Å². The molecule has 2 nitrogen and oxygen atoms in total. The van der Waals surface area contributed by atoms with Gasteiger partial charge in [0.05, 0.1) is 6.26 Å². The first-order chi connectivity index (χ1) is 5.00. The van der Waals surface area contributed by atoms with Gasteiger partial charge in [-0.1, -0.05) is 6.08 Å². The topological polar surface area (TPSA) is 21.6 Å². The van der Waals surface area contributed by atoms with Gasteiger partial charge in [-0.05, 0) is 18.2 Å². The molecule has 0 atom stereocenters. The first-order valence-corrected chi connectivity index (χ1v) is 3.12. The Morgan fingerprint density at radius 1 is 1.20 bits per heavy atom. The van der Waals surface area contributed by atoms with Crippen molar-refractivity contribution in [2.75, 3.05) is 6.61 Å². The van der Waals surface area contributed by atoms with Crippen LogP contribution in [0.2, 0.25) is 0 Å². The Morgan fingerprint density at radius 3 is 3.20 bits per heavy atom. The van der Waals surface area contributed by atoms with E-state index in [4.69, 9.17) is 4.74 Å². The Kier molecular flexibility index (Phi) is 3.10. The molecule has 0 saturated carbocycles. The number of rotatable bonds is 0. The van der Waals surface area contributed by atoms with Crippen molar-refractivity contribution < 1.29 is 4.74 Å². The van der Waals surface area contributed by atoms with Crippen LogP contribution in [0.4, 0.5) is 0 Å². The predicted octanol–water partition coefficient (Wildman–Crippen LogP) is 1.67. The molecule has 1 aliphatic heterocycles. The molecule has 1 heterocycles. The predicted molar refractivity (Wildman–Crippen MR) is 41.9 cm³/mol. The highest BCUT2D eigenvalue weighted by Crippen LogP contribution is 1.84. The summed E-state index contributed by atoms with van der Waals surface area (Å²) in [6, 6.07) is 0. The minimum absolute atomic E-state index is 0.585. The molecule has 1 rings (SSSR count). The molecule has 0 spiro atoms. The van der Waals surface area contributed by atoms with E-state index >= 15 is 0 Å². The molecule has 0 aliphatic carbocycles. The van der Waals surface area contributed by atoms with E-state index in [2.05, 4.69) is 4.99 Å². The van der Waals surface area contributed by atoms with Gasteiger partial charge < -0.3 is 4.74 Å². The van der Waals surface area contributed by atoms with E-state index in [-0.39, 0.29) is 0 Å². The molecular weight excluding hydrogens is 126 g/mol. The van der Waals surface area contributed by atoms with E-state index in [1.807, 2.05) is 24.3 Å². The quantitative estimate of drug-likeness (QED) is 0.495. The monoisotopic (exact) mass is 135 g/mol. The van der Waals surface area contributed by atoms with Gasteiger partial charge in [0, 0.05) is 12.4 Å². The van der Waals surface area contributed by atoms with Crippen LogP contribution in [0.25, 0.3) is 0 Å². The highest BCUT2D eigenvalue weighted by atomic mass is 16.5. The Bertz CT molecular complexity index is 167. The molecule has 0 aromatic rings. The van der Waals surface area contributed by atoms with E-state index in [0.717, 1.165) is 0 Å². The van der Waals surface area contributed by atoms with Gasteiger partial charge >= 0.3 is 0 Å². The van der Waals surface area contributed by atoms with Crippen molar-refractivity contribution in [1.29, 1.82) is 0 Å². The van der Waals surface area contributed by atoms with Crippen LogP contribution in [0.1, 0.15) is 0 Å². The summed E-state index contributed by atoms with van der Waals surface area (Å²) < 4.78 is 5.02. The highest BCUT2D eigenvalue weighted by Gasteiger charge is 1.73. The summed E-state index contributed by atoms with van der Waals surface area (Å²) >= 11 is 0. The summed E-state index contributed by atoms with van der Waals surface area (Å²) in [7, 11) is 0. The molecule has 52 valence electrons. The lowest BCUT2D eigenvalue weighted by Gasteiger charge is -1.91. The van der Waals surface area contributed by atoms with E-state index in [0.29, 0.717) is 6.61 Å². The van der Waals surface area contributed by atoms with Crippen LogP contribution < -0.4 is 0 Å². The average Bonchev–Trinajstić information content (AvgIpc) is 2.01. The summed E-state index contributed by atoms with van der Waals surface area (Å²) in [5.74, 6) is 0. The molecule has 0 fully saturated rings. The van der Waals surface area contributed by atoms with Crippen LogP contribution in [0.5, 0.6) is 0 Å². The molecule has 0 aromatic heterocycles. The van der Waals surface area contributed by atoms with Gasteiger partial charge in [-0.25, -0.2) is 0 Å². The van der Waals surface area contributed by atoms with Gasteiger partial charge in [0.2, 0.25) is 0 Å². The van der Waals surface area contributed by atoms with Gasteiger partial charge in [-0.15, -0.1) is 0 Å². The first kappa shape index (κ1) is 6.81. The number of ether oxygens (including phenoxy) is 1. The molecule has 10 heavy (non-hydrogen) atoms. The molecule has 0 N–H and O–H groups in total. The normalized spacial score (nSPS) is 29.6. The van der Waals surface area contributed by atoms with Crippen molar-refractivity contribution in [3.05, 3.63) is 36.8 Å². The van der Waals surface area contributed by atoms with Gasteiger partial charge in [0.1, 0.15) is 6.61 Å². The van der Waals surface area contributed by atoms with Crippen LogP contribution >= 0.6 is 0 Å². The van der Waals surface area contributed by atoms with Crippen molar-refractivity contribution >= 4 is 6.21 Å². The standard InChI is InChI=1S/C8H9NO/c1-2-5-9-6-4-8-10-7-3-1/h1-7H,8H2/b2-1-,6-4-,7-3-,9-5-. The zero-order chi connectivity index (χ0) is 7.07. The largest absolute Gasteiger partial charge is 0.497 e. The smallest absolute Gasteiger partial charge is 0.107 e. The zero-order valence-corrected chi connectivity index (χ0v) is 5.60. The second-order valence-corrected chi connectivity index (χ2v) is 1.73. The number of aliphatic imine (C=N–C) groups is 1. The van der Waals surface area contributed by atoms with Crippen LogP contribution in [-0.2, 0) is 4.74 Å². The molecule has 0 unspecified atom stereocenters. The van der Waals surface area contributed by atoms with Crippen molar-refractivity contribution in [1.82, 2.24) is 0 Å². The van der Waals surface area contributed by atoms with E-state index in [9.17, 15) is 0 Å². The van der Waals surface area contributed by atoms with E-state index in [1.165, 1.54) is 0 Å². The highest BCUT2D eigenvalue weighted by molar-refractivity contribution is 5.71. The lowest BCUT2D eigenvalue weighted by atomic mass is 10.5. The molecule has 0 bridgehead atoms. The fourth-order valence-corrected chi connectivity index (χ4v) is 0.529. The summed E-state index contributed by atoms with van der Waals surface area (Å²) in [4.78, 5) is 3.93. The van der Waals surface area contributed by atoms with Crippen molar-refractivity contribution in [2.24, 2.45) is 4.99 Å². The van der Waals surface area contributed by atoms with Crippen molar-refractivity contribution in [2.45, 2.75) is 0 Å². The van der Waals surface area contributed by atoms with E-state index in [1.54, 1.807) is 18.7 Å².